The lowest BCUT2D eigenvalue weighted by atomic mass is 10.00. The van der Waals surface area contributed by atoms with E-state index in [4.69, 9.17) is 9.97 Å². The van der Waals surface area contributed by atoms with Crippen LogP contribution in [0, 0.1) is 0 Å². The maximum absolute atomic E-state index is 5.41. The van der Waals surface area contributed by atoms with Crippen molar-refractivity contribution in [3.63, 3.8) is 0 Å². The number of fused-ring (bicyclic) bond motifs is 9. The van der Waals surface area contributed by atoms with Gasteiger partial charge in [-0.1, -0.05) is 134 Å². The van der Waals surface area contributed by atoms with E-state index in [2.05, 4.69) is 192 Å². The van der Waals surface area contributed by atoms with E-state index in [-0.39, 0.29) is 0 Å². The summed E-state index contributed by atoms with van der Waals surface area (Å²) in [5, 5.41) is 7.62. The van der Waals surface area contributed by atoms with Crippen LogP contribution in [-0.2, 0) is 0 Å². The molecule has 0 saturated carbocycles. The van der Waals surface area contributed by atoms with E-state index in [0.29, 0.717) is 0 Å². The predicted molar refractivity (Wildman–Crippen MR) is 224 cm³/mol. The number of nitrogens with zero attached hydrogens (tertiary/aromatic N) is 4. The monoisotopic (exact) mass is 694 g/mol. The highest BCUT2D eigenvalue weighted by atomic mass is 28.3. The molecule has 0 atom stereocenters. The zero-order valence-electron chi connectivity index (χ0n) is 29.5. The van der Waals surface area contributed by atoms with Crippen LogP contribution in [0.1, 0.15) is 0 Å². The van der Waals surface area contributed by atoms with Crippen LogP contribution in [0.25, 0.3) is 88.8 Å². The molecule has 10 aromatic rings. The summed E-state index contributed by atoms with van der Waals surface area (Å²) in [4.78, 5) is 10.8. The second kappa shape index (κ2) is 11.2. The molecule has 0 unspecified atom stereocenters. The topological polar surface area (TPSA) is 35.6 Å². The largest absolute Gasteiger partial charge is 0.309 e. The van der Waals surface area contributed by atoms with Crippen molar-refractivity contribution in [3.05, 3.63) is 170 Å². The Hall–Kier alpha value is -6.56. The van der Waals surface area contributed by atoms with Crippen molar-refractivity contribution in [1.29, 1.82) is 0 Å². The molecule has 0 saturated heterocycles. The van der Waals surface area contributed by atoms with Gasteiger partial charge in [-0.2, -0.15) is 0 Å². The smallest absolute Gasteiger partial charge is 0.159 e. The number of hydrogen-bond acceptors (Lipinski definition) is 2. The van der Waals surface area contributed by atoms with Crippen LogP contribution < -0.4 is 10.5 Å². The Morgan fingerprint density at radius 2 is 1.00 bits per heavy atom. The molecule has 3 aromatic heterocycles. The van der Waals surface area contributed by atoms with Gasteiger partial charge in [0.25, 0.3) is 0 Å². The molecule has 0 amide bonds. The van der Waals surface area contributed by atoms with Gasteiger partial charge in [0.1, 0.15) is 8.07 Å². The molecule has 4 nitrogen and oxygen atoms in total. The lowest BCUT2D eigenvalue weighted by molar-refractivity contribution is 1.16. The van der Waals surface area contributed by atoms with Crippen molar-refractivity contribution in [1.82, 2.24) is 19.1 Å². The summed E-state index contributed by atoms with van der Waals surface area (Å²) in [5.74, 6) is 0.783. The average Bonchev–Trinajstić information content (AvgIpc) is 3.80. The quantitative estimate of drug-likeness (QED) is 0.172. The van der Waals surface area contributed by atoms with E-state index in [9.17, 15) is 0 Å². The van der Waals surface area contributed by atoms with Crippen molar-refractivity contribution in [2.24, 2.45) is 0 Å². The third kappa shape index (κ3) is 4.35. The molecule has 5 heteroatoms. The molecule has 11 rings (SSSR count). The van der Waals surface area contributed by atoms with Gasteiger partial charge in [0.15, 0.2) is 5.82 Å². The van der Waals surface area contributed by atoms with E-state index in [0.717, 1.165) is 34.0 Å². The Morgan fingerprint density at radius 3 is 1.72 bits per heavy atom. The number of para-hydroxylation sites is 3. The predicted octanol–water partition coefficient (Wildman–Crippen LogP) is 10.8. The molecule has 4 heterocycles. The van der Waals surface area contributed by atoms with E-state index in [1.807, 2.05) is 0 Å². The first kappa shape index (κ1) is 30.1. The third-order valence-corrected chi connectivity index (χ3v) is 14.6. The van der Waals surface area contributed by atoms with Crippen molar-refractivity contribution in [2.75, 3.05) is 0 Å². The minimum atomic E-state index is -2.08. The summed E-state index contributed by atoms with van der Waals surface area (Å²) < 4.78 is 4.84. The lowest BCUT2D eigenvalue weighted by Crippen LogP contribution is -2.50. The van der Waals surface area contributed by atoms with Crippen LogP contribution in [0.3, 0.4) is 0 Å². The van der Waals surface area contributed by atoms with Gasteiger partial charge >= 0.3 is 0 Å². The lowest BCUT2D eigenvalue weighted by Gasteiger charge is -2.19. The van der Waals surface area contributed by atoms with E-state index >= 15 is 0 Å². The van der Waals surface area contributed by atoms with Crippen molar-refractivity contribution in [3.8, 4) is 45.1 Å². The summed E-state index contributed by atoms with van der Waals surface area (Å²) in [6, 6.07) is 61.3. The normalized spacial score (nSPS) is 13.2. The summed E-state index contributed by atoms with van der Waals surface area (Å²) in [6.45, 7) is 4.85. The van der Waals surface area contributed by atoms with Gasteiger partial charge in [0, 0.05) is 54.9 Å². The molecule has 7 aromatic carbocycles. The fourth-order valence-corrected chi connectivity index (χ4v) is 11.7. The first-order valence-electron chi connectivity index (χ1n) is 18.3. The fraction of sp³-hybridized carbons (Fsp3) is 0.0417. The molecule has 0 bridgehead atoms. The van der Waals surface area contributed by atoms with Crippen molar-refractivity contribution < 1.29 is 0 Å². The van der Waals surface area contributed by atoms with Crippen LogP contribution in [0.15, 0.2) is 170 Å². The molecular formula is C48H34N4Si. The van der Waals surface area contributed by atoms with Crippen molar-refractivity contribution >= 4 is 62.2 Å². The number of benzene rings is 7. The highest BCUT2D eigenvalue weighted by Crippen LogP contribution is 2.41. The molecule has 0 aliphatic carbocycles. The van der Waals surface area contributed by atoms with Crippen molar-refractivity contribution in [2.45, 2.75) is 13.1 Å². The molecular weight excluding hydrogens is 661 g/mol. The molecule has 0 fully saturated rings. The van der Waals surface area contributed by atoms with Gasteiger partial charge in [-0.3, -0.25) is 0 Å². The molecule has 250 valence electrons. The molecule has 0 spiro atoms. The molecule has 1 aliphatic heterocycles. The van der Waals surface area contributed by atoms with Gasteiger partial charge in [0.2, 0.25) is 0 Å². The summed E-state index contributed by atoms with van der Waals surface area (Å²) >= 11 is 0. The fourth-order valence-electron chi connectivity index (χ4n) is 8.82. The van der Waals surface area contributed by atoms with E-state index < -0.39 is 8.07 Å². The Morgan fingerprint density at radius 1 is 0.434 bits per heavy atom. The van der Waals surface area contributed by atoms with Gasteiger partial charge < -0.3 is 9.13 Å². The maximum atomic E-state index is 5.41. The van der Waals surface area contributed by atoms with Crippen LogP contribution >= 0.6 is 0 Å². The Kier molecular flexibility index (Phi) is 6.37. The zero-order chi connectivity index (χ0) is 35.3. The molecule has 1 aliphatic rings. The van der Waals surface area contributed by atoms with Gasteiger partial charge in [-0.05, 0) is 59.3 Å². The summed E-state index contributed by atoms with van der Waals surface area (Å²) in [7, 11) is -2.08. The first-order chi connectivity index (χ1) is 26.1. The minimum Gasteiger partial charge on any atom is -0.309 e. The zero-order valence-corrected chi connectivity index (χ0v) is 30.5. The Labute approximate surface area is 308 Å². The Balaban J connectivity index is 1.20. The Bertz CT molecular complexity index is 3080. The minimum absolute atomic E-state index is 0.783. The molecule has 0 N–H and O–H groups in total. The highest BCUT2D eigenvalue weighted by Gasteiger charge is 2.41. The highest BCUT2D eigenvalue weighted by molar-refractivity contribution is 7.03. The third-order valence-electron chi connectivity index (χ3n) is 11.3. The van der Waals surface area contributed by atoms with Crippen LogP contribution in [0.2, 0.25) is 13.1 Å². The summed E-state index contributed by atoms with van der Waals surface area (Å²) in [6.07, 6.45) is 0. The summed E-state index contributed by atoms with van der Waals surface area (Å²) in [5.41, 5.74) is 12.6. The van der Waals surface area contributed by atoms with E-state index in [1.165, 1.54) is 65.2 Å². The number of hydrogen-bond donors (Lipinski definition) is 0. The SMILES string of the molecule is C[Si]1(C)c2ccccc2-c2c(-c3cccc(-n4c5ccccc5c5cc6c7ccccc7n(-c7ccccc7)c6cc54)c3)nc(-c3ccccc3)nc21. The van der Waals surface area contributed by atoms with E-state index in [1.54, 1.807) is 0 Å². The maximum Gasteiger partial charge on any atom is 0.159 e. The molecule has 53 heavy (non-hydrogen) atoms. The van der Waals surface area contributed by atoms with Gasteiger partial charge in [-0.25, -0.2) is 9.97 Å². The second-order valence-corrected chi connectivity index (χ2v) is 18.9. The van der Waals surface area contributed by atoms with Crippen LogP contribution in [0.4, 0.5) is 0 Å². The number of rotatable bonds is 4. The van der Waals surface area contributed by atoms with Crippen LogP contribution in [0.5, 0.6) is 0 Å². The average molecular weight is 695 g/mol. The second-order valence-electron chi connectivity index (χ2n) is 14.6. The first-order valence-corrected chi connectivity index (χ1v) is 21.3. The van der Waals surface area contributed by atoms with Gasteiger partial charge in [-0.15, -0.1) is 0 Å². The standard InChI is InChI=1S/C48H34N4Si/c1-53(2)44-27-14-11-24-37(44)45-46(49-47(50-48(45)53)31-16-5-3-6-17-31)32-18-15-21-34(28-32)52-41-26-13-10-23-36(41)39-29-38-35-22-9-12-25-40(35)51(42(38)30-43(39)52)33-19-7-4-8-20-33/h3-30H,1-2H3. The van der Waals surface area contributed by atoms with Gasteiger partial charge in [0.05, 0.1) is 27.8 Å². The van der Waals surface area contributed by atoms with Crippen LogP contribution in [-0.4, -0.2) is 27.2 Å². The molecule has 0 radical (unpaired) electrons. The number of aromatic nitrogens is 4.